The predicted molar refractivity (Wildman–Crippen MR) is 71.0 cm³/mol. The molecule has 1 fully saturated rings. The summed E-state index contributed by atoms with van der Waals surface area (Å²) in [5, 5.41) is 3.43. The number of ether oxygens (including phenoxy) is 1. The minimum Gasteiger partial charge on any atom is -0.378 e. The van der Waals surface area contributed by atoms with Crippen molar-refractivity contribution >= 4 is 0 Å². The third kappa shape index (κ3) is 3.79. The van der Waals surface area contributed by atoms with E-state index in [1.807, 2.05) is 6.07 Å². The largest absolute Gasteiger partial charge is 0.378 e. The van der Waals surface area contributed by atoms with Crippen LogP contribution in [0.3, 0.4) is 0 Å². The van der Waals surface area contributed by atoms with E-state index in [0.717, 1.165) is 31.6 Å². The van der Waals surface area contributed by atoms with Crippen molar-refractivity contribution in [1.29, 1.82) is 0 Å². The number of benzene rings is 1. The van der Waals surface area contributed by atoms with Crippen LogP contribution in [0.25, 0.3) is 0 Å². The maximum Gasteiger partial charge on any atom is 0.123 e. The first-order valence-electron chi connectivity index (χ1n) is 6.90. The Morgan fingerprint density at radius 2 is 2.39 bits per heavy atom. The summed E-state index contributed by atoms with van der Waals surface area (Å²) in [4.78, 5) is 0. The fraction of sp³-hybridized carbons (Fsp3) is 0.600. The van der Waals surface area contributed by atoms with Gasteiger partial charge in [-0.1, -0.05) is 19.1 Å². The monoisotopic (exact) mass is 251 g/mol. The van der Waals surface area contributed by atoms with Gasteiger partial charge in [0, 0.05) is 12.6 Å². The maximum absolute atomic E-state index is 13.3. The highest BCUT2D eigenvalue weighted by atomic mass is 19.1. The van der Waals surface area contributed by atoms with Crippen molar-refractivity contribution in [2.24, 2.45) is 0 Å². The zero-order valence-corrected chi connectivity index (χ0v) is 11.0. The average molecular weight is 251 g/mol. The summed E-state index contributed by atoms with van der Waals surface area (Å²) in [5.74, 6) is -0.160. The average Bonchev–Trinajstić information content (AvgIpc) is 2.87. The highest BCUT2D eigenvalue weighted by Crippen LogP contribution is 2.24. The fourth-order valence-electron chi connectivity index (χ4n) is 2.58. The van der Waals surface area contributed by atoms with Gasteiger partial charge in [-0.05, 0) is 49.9 Å². The SMILES string of the molecule is CCNC(CCC1CCCO1)c1cccc(F)c1. The number of hydrogen-bond acceptors (Lipinski definition) is 2. The molecule has 0 amide bonds. The second-order valence-electron chi connectivity index (χ2n) is 4.88. The van der Waals surface area contributed by atoms with Crippen LogP contribution in [0.15, 0.2) is 24.3 Å². The van der Waals surface area contributed by atoms with Gasteiger partial charge in [-0.3, -0.25) is 0 Å². The second-order valence-corrected chi connectivity index (χ2v) is 4.88. The van der Waals surface area contributed by atoms with E-state index in [1.165, 1.54) is 18.9 Å². The van der Waals surface area contributed by atoms with Crippen LogP contribution in [0.5, 0.6) is 0 Å². The molecule has 0 aromatic heterocycles. The third-order valence-corrected chi connectivity index (χ3v) is 3.50. The van der Waals surface area contributed by atoms with Gasteiger partial charge in [-0.25, -0.2) is 4.39 Å². The first kappa shape index (κ1) is 13.5. The summed E-state index contributed by atoms with van der Waals surface area (Å²) >= 11 is 0. The molecule has 3 heteroatoms. The molecule has 2 atom stereocenters. The summed E-state index contributed by atoms with van der Waals surface area (Å²) in [5.41, 5.74) is 1.04. The van der Waals surface area contributed by atoms with Crippen LogP contribution >= 0.6 is 0 Å². The van der Waals surface area contributed by atoms with E-state index in [0.29, 0.717) is 6.10 Å². The molecule has 2 unspecified atom stereocenters. The molecule has 2 nitrogen and oxygen atoms in total. The maximum atomic E-state index is 13.3. The Hall–Kier alpha value is -0.930. The molecule has 18 heavy (non-hydrogen) atoms. The zero-order chi connectivity index (χ0) is 12.8. The first-order valence-corrected chi connectivity index (χ1v) is 6.90. The van der Waals surface area contributed by atoms with Crippen molar-refractivity contribution in [1.82, 2.24) is 5.32 Å². The van der Waals surface area contributed by atoms with E-state index in [2.05, 4.69) is 12.2 Å². The standard InChI is InChI=1S/C15H22FNO/c1-2-17-15(9-8-14-7-4-10-18-14)12-5-3-6-13(16)11-12/h3,5-6,11,14-15,17H,2,4,7-10H2,1H3. The lowest BCUT2D eigenvalue weighted by molar-refractivity contribution is 0.0996. The van der Waals surface area contributed by atoms with E-state index >= 15 is 0 Å². The van der Waals surface area contributed by atoms with E-state index in [4.69, 9.17) is 4.74 Å². The smallest absolute Gasteiger partial charge is 0.123 e. The Morgan fingerprint density at radius 1 is 1.50 bits per heavy atom. The van der Waals surface area contributed by atoms with Gasteiger partial charge in [0.1, 0.15) is 5.82 Å². The van der Waals surface area contributed by atoms with Crippen LogP contribution in [-0.2, 0) is 4.74 Å². The van der Waals surface area contributed by atoms with E-state index < -0.39 is 0 Å². The van der Waals surface area contributed by atoms with Crippen molar-refractivity contribution in [3.05, 3.63) is 35.6 Å². The van der Waals surface area contributed by atoms with E-state index in [9.17, 15) is 4.39 Å². The van der Waals surface area contributed by atoms with Gasteiger partial charge in [0.2, 0.25) is 0 Å². The van der Waals surface area contributed by atoms with Crippen molar-refractivity contribution in [3.63, 3.8) is 0 Å². The Bertz CT molecular complexity index is 363. The molecule has 2 rings (SSSR count). The minimum absolute atomic E-state index is 0.160. The molecule has 0 aliphatic carbocycles. The topological polar surface area (TPSA) is 21.3 Å². The molecule has 1 aromatic carbocycles. The van der Waals surface area contributed by atoms with Crippen LogP contribution in [-0.4, -0.2) is 19.3 Å². The lowest BCUT2D eigenvalue weighted by atomic mass is 9.99. The number of nitrogens with one attached hydrogen (secondary N) is 1. The molecule has 1 N–H and O–H groups in total. The highest BCUT2D eigenvalue weighted by molar-refractivity contribution is 5.20. The number of rotatable bonds is 6. The first-order chi connectivity index (χ1) is 8.79. The molecular formula is C15H22FNO. The highest BCUT2D eigenvalue weighted by Gasteiger charge is 2.18. The summed E-state index contributed by atoms with van der Waals surface area (Å²) in [6.45, 7) is 3.88. The summed E-state index contributed by atoms with van der Waals surface area (Å²) in [7, 11) is 0. The summed E-state index contributed by atoms with van der Waals surface area (Å²) in [6, 6.07) is 7.12. The number of halogens is 1. The van der Waals surface area contributed by atoms with Gasteiger partial charge in [0.15, 0.2) is 0 Å². The molecule has 1 saturated heterocycles. The third-order valence-electron chi connectivity index (χ3n) is 3.50. The van der Waals surface area contributed by atoms with Gasteiger partial charge in [0.05, 0.1) is 6.10 Å². The molecule has 0 bridgehead atoms. The Labute approximate surface area is 109 Å². The molecule has 1 aliphatic rings. The lowest BCUT2D eigenvalue weighted by Gasteiger charge is -2.20. The Kier molecular flexibility index (Phi) is 5.14. The summed E-state index contributed by atoms with van der Waals surface area (Å²) in [6.07, 6.45) is 4.80. The van der Waals surface area contributed by atoms with Crippen molar-refractivity contribution in [2.45, 2.75) is 44.8 Å². The van der Waals surface area contributed by atoms with Gasteiger partial charge in [-0.15, -0.1) is 0 Å². The zero-order valence-electron chi connectivity index (χ0n) is 11.0. The van der Waals surface area contributed by atoms with Crippen LogP contribution in [0.4, 0.5) is 4.39 Å². The van der Waals surface area contributed by atoms with E-state index in [1.54, 1.807) is 12.1 Å². The minimum atomic E-state index is -0.160. The van der Waals surface area contributed by atoms with Gasteiger partial charge >= 0.3 is 0 Å². The van der Waals surface area contributed by atoms with Crippen LogP contribution < -0.4 is 5.32 Å². The van der Waals surface area contributed by atoms with Crippen LogP contribution in [0.2, 0.25) is 0 Å². The molecule has 0 radical (unpaired) electrons. The molecule has 100 valence electrons. The second kappa shape index (κ2) is 6.86. The van der Waals surface area contributed by atoms with Gasteiger partial charge in [-0.2, -0.15) is 0 Å². The van der Waals surface area contributed by atoms with Gasteiger partial charge in [0.25, 0.3) is 0 Å². The van der Waals surface area contributed by atoms with E-state index in [-0.39, 0.29) is 11.9 Å². The van der Waals surface area contributed by atoms with Crippen LogP contribution in [0, 0.1) is 5.82 Å². The molecule has 1 heterocycles. The van der Waals surface area contributed by atoms with Crippen LogP contribution in [0.1, 0.15) is 44.2 Å². The molecule has 0 spiro atoms. The normalized spacial score (nSPS) is 21.1. The predicted octanol–water partition coefficient (Wildman–Crippen LogP) is 3.44. The Balaban J connectivity index is 1.94. The van der Waals surface area contributed by atoms with Crippen molar-refractivity contribution < 1.29 is 9.13 Å². The molecule has 1 aromatic rings. The summed E-state index contributed by atoms with van der Waals surface area (Å²) < 4.78 is 18.9. The quantitative estimate of drug-likeness (QED) is 0.836. The molecular weight excluding hydrogens is 229 g/mol. The number of hydrogen-bond donors (Lipinski definition) is 1. The molecule has 1 aliphatic heterocycles. The fourth-order valence-corrected chi connectivity index (χ4v) is 2.58. The van der Waals surface area contributed by atoms with Crippen molar-refractivity contribution in [2.75, 3.05) is 13.2 Å². The lowest BCUT2D eigenvalue weighted by Crippen LogP contribution is -2.22. The van der Waals surface area contributed by atoms with Gasteiger partial charge < -0.3 is 10.1 Å². The van der Waals surface area contributed by atoms with Crippen molar-refractivity contribution in [3.8, 4) is 0 Å². The molecule has 0 saturated carbocycles. The Morgan fingerprint density at radius 3 is 3.06 bits per heavy atom.